The summed E-state index contributed by atoms with van der Waals surface area (Å²) in [6.45, 7) is 2.41. The fourth-order valence-electron chi connectivity index (χ4n) is 3.82. The molecule has 0 unspecified atom stereocenters. The third-order valence-electron chi connectivity index (χ3n) is 5.45. The van der Waals surface area contributed by atoms with Crippen LogP contribution in [-0.2, 0) is 9.59 Å². The zero-order valence-electron chi connectivity index (χ0n) is 16.8. The van der Waals surface area contributed by atoms with Crippen LogP contribution in [0.2, 0.25) is 0 Å². The molecule has 156 valence electrons. The second kappa shape index (κ2) is 9.34. The van der Waals surface area contributed by atoms with E-state index < -0.39 is 0 Å². The van der Waals surface area contributed by atoms with E-state index in [0.29, 0.717) is 23.4 Å². The van der Waals surface area contributed by atoms with E-state index in [0.717, 1.165) is 49.5 Å². The molecule has 0 aromatic heterocycles. The average molecular weight is 424 g/mol. The fourth-order valence-corrected chi connectivity index (χ4v) is 4.77. The van der Waals surface area contributed by atoms with Crippen LogP contribution in [0.25, 0.3) is 0 Å². The van der Waals surface area contributed by atoms with Crippen molar-refractivity contribution in [3.63, 3.8) is 0 Å². The van der Waals surface area contributed by atoms with Gasteiger partial charge in [0.1, 0.15) is 0 Å². The maximum absolute atomic E-state index is 12.8. The summed E-state index contributed by atoms with van der Waals surface area (Å²) in [5.74, 6) is 0.390. The number of rotatable bonds is 6. The van der Waals surface area contributed by atoms with Crippen molar-refractivity contribution in [1.82, 2.24) is 4.90 Å². The third-order valence-corrected chi connectivity index (χ3v) is 6.51. The van der Waals surface area contributed by atoms with E-state index in [2.05, 4.69) is 5.32 Å². The van der Waals surface area contributed by atoms with E-state index in [9.17, 15) is 14.4 Å². The van der Waals surface area contributed by atoms with Crippen molar-refractivity contribution in [2.45, 2.75) is 30.6 Å². The molecule has 2 aliphatic rings. The predicted molar refractivity (Wildman–Crippen MR) is 119 cm³/mol. The number of amides is 3. The Balaban J connectivity index is 1.39. The maximum atomic E-state index is 12.8. The lowest BCUT2D eigenvalue weighted by Gasteiger charge is -2.16. The molecule has 2 fully saturated rings. The normalized spacial score (nSPS) is 16.2. The first-order valence-corrected chi connectivity index (χ1v) is 11.3. The molecule has 7 heteroatoms. The zero-order chi connectivity index (χ0) is 20.9. The molecule has 2 saturated heterocycles. The van der Waals surface area contributed by atoms with Crippen molar-refractivity contribution in [2.75, 3.05) is 35.6 Å². The van der Waals surface area contributed by atoms with Gasteiger partial charge in [-0.1, -0.05) is 12.1 Å². The van der Waals surface area contributed by atoms with Gasteiger partial charge in [-0.2, -0.15) is 0 Å². The number of thioether (sulfide) groups is 1. The molecule has 6 nitrogen and oxygen atoms in total. The molecule has 0 bridgehead atoms. The highest BCUT2D eigenvalue weighted by atomic mass is 32.2. The van der Waals surface area contributed by atoms with Gasteiger partial charge in [-0.25, -0.2) is 0 Å². The van der Waals surface area contributed by atoms with Gasteiger partial charge in [-0.05, 0) is 55.7 Å². The van der Waals surface area contributed by atoms with E-state index in [1.807, 2.05) is 47.4 Å². The Bertz CT molecular complexity index is 939. The molecule has 0 aliphatic carbocycles. The Hall–Kier alpha value is -2.80. The van der Waals surface area contributed by atoms with Crippen molar-refractivity contribution in [3.05, 3.63) is 54.1 Å². The quantitative estimate of drug-likeness (QED) is 0.718. The molecule has 3 amide bonds. The van der Waals surface area contributed by atoms with Crippen molar-refractivity contribution in [3.8, 4) is 0 Å². The van der Waals surface area contributed by atoms with Crippen LogP contribution in [0.5, 0.6) is 0 Å². The minimum Gasteiger partial charge on any atom is -0.342 e. The smallest absolute Gasteiger partial charge is 0.256 e. The molecular weight excluding hydrogens is 398 g/mol. The molecule has 0 saturated carbocycles. The third kappa shape index (κ3) is 4.67. The van der Waals surface area contributed by atoms with Crippen molar-refractivity contribution in [2.24, 2.45) is 0 Å². The molecule has 2 aromatic rings. The van der Waals surface area contributed by atoms with Gasteiger partial charge < -0.3 is 15.1 Å². The first-order valence-electron chi connectivity index (χ1n) is 10.3. The first-order chi connectivity index (χ1) is 14.6. The lowest BCUT2D eigenvalue weighted by Crippen LogP contribution is -2.29. The van der Waals surface area contributed by atoms with Gasteiger partial charge in [0.25, 0.3) is 5.91 Å². The van der Waals surface area contributed by atoms with Crippen LogP contribution >= 0.6 is 11.8 Å². The number of carbonyl (C=O) groups is 3. The van der Waals surface area contributed by atoms with Crippen LogP contribution < -0.4 is 10.2 Å². The Morgan fingerprint density at radius 1 is 0.933 bits per heavy atom. The van der Waals surface area contributed by atoms with Crippen LogP contribution in [-0.4, -0.2) is 48.0 Å². The van der Waals surface area contributed by atoms with E-state index in [1.165, 1.54) is 11.8 Å². The zero-order valence-corrected chi connectivity index (χ0v) is 17.6. The van der Waals surface area contributed by atoms with Crippen molar-refractivity contribution in [1.29, 1.82) is 0 Å². The standard InChI is InChI=1S/C23H25N3O3S/c27-21-8-5-15-26(21)18-11-9-17(10-12-18)24-23(29)19-6-1-2-7-20(19)30-16-22(28)25-13-3-4-14-25/h1-2,6-7,9-12H,3-5,8,13-16H2,(H,24,29). The predicted octanol–water partition coefficient (Wildman–Crippen LogP) is 3.78. The highest BCUT2D eigenvalue weighted by Gasteiger charge is 2.22. The molecule has 30 heavy (non-hydrogen) atoms. The number of likely N-dealkylation sites (tertiary alicyclic amines) is 1. The van der Waals surface area contributed by atoms with Gasteiger partial charge in [0.2, 0.25) is 11.8 Å². The SMILES string of the molecule is O=C(Nc1ccc(N2CCCC2=O)cc1)c1ccccc1SCC(=O)N1CCCC1. The largest absolute Gasteiger partial charge is 0.342 e. The summed E-state index contributed by atoms with van der Waals surface area (Å²) in [5.41, 5.74) is 2.07. The van der Waals surface area contributed by atoms with Gasteiger partial charge in [0.15, 0.2) is 0 Å². The number of carbonyl (C=O) groups excluding carboxylic acids is 3. The highest BCUT2D eigenvalue weighted by Crippen LogP contribution is 2.26. The lowest BCUT2D eigenvalue weighted by molar-refractivity contribution is -0.127. The van der Waals surface area contributed by atoms with Crippen LogP contribution in [0.1, 0.15) is 36.0 Å². The molecule has 2 aliphatic heterocycles. The number of hydrogen-bond acceptors (Lipinski definition) is 4. The Kier molecular flexibility index (Phi) is 6.38. The number of nitrogens with one attached hydrogen (secondary N) is 1. The summed E-state index contributed by atoms with van der Waals surface area (Å²) in [4.78, 5) is 41.5. The highest BCUT2D eigenvalue weighted by molar-refractivity contribution is 8.00. The maximum Gasteiger partial charge on any atom is 0.256 e. The number of hydrogen-bond donors (Lipinski definition) is 1. The summed E-state index contributed by atoms with van der Waals surface area (Å²) >= 11 is 1.40. The van der Waals surface area contributed by atoms with E-state index >= 15 is 0 Å². The van der Waals surface area contributed by atoms with Gasteiger partial charge in [-0.3, -0.25) is 14.4 Å². The topological polar surface area (TPSA) is 69.7 Å². The molecule has 0 atom stereocenters. The Labute approximate surface area is 180 Å². The van der Waals surface area contributed by atoms with Gasteiger partial charge in [-0.15, -0.1) is 11.8 Å². The molecule has 2 heterocycles. The number of anilines is 2. The summed E-state index contributed by atoms with van der Waals surface area (Å²) in [5, 5.41) is 2.92. The van der Waals surface area contributed by atoms with Gasteiger partial charge in [0, 0.05) is 42.3 Å². The van der Waals surface area contributed by atoms with Crippen LogP contribution in [0.3, 0.4) is 0 Å². The lowest BCUT2D eigenvalue weighted by atomic mass is 10.2. The molecule has 2 aromatic carbocycles. The number of benzene rings is 2. The molecule has 0 radical (unpaired) electrons. The van der Waals surface area contributed by atoms with Crippen LogP contribution in [0, 0.1) is 0 Å². The molecular formula is C23H25N3O3S. The second-order valence-electron chi connectivity index (χ2n) is 7.52. The summed E-state index contributed by atoms with van der Waals surface area (Å²) in [7, 11) is 0. The van der Waals surface area contributed by atoms with Crippen molar-refractivity contribution < 1.29 is 14.4 Å². The summed E-state index contributed by atoms with van der Waals surface area (Å²) in [6, 6.07) is 14.7. The summed E-state index contributed by atoms with van der Waals surface area (Å²) in [6.07, 6.45) is 3.61. The minimum absolute atomic E-state index is 0.125. The van der Waals surface area contributed by atoms with Crippen LogP contribution in [0.15, 0.2) is 53.4 Å². The first kappa shape index (κ1) is 20.5. The van der Waals surface area contributed by atoms with E-state index in [4.69, 9.17) is 0 Å². The summed E-state index contributed by atoms with van der Waals surface area (Å²) < 4.78 is 0. The van der Waals surface area contributed by atoms with Crippen molar-refractivity contribution >= 4 is 40.9 Å². The van der Waals surface area contributed by atoms with E-state index in [1.54, 1.807) is 11.0 Å². The van der Waals surface area contributed by atoms with E-state index in [-0.39, 0.29) is 17.7 Å². The molecule has 0 spiro atoms. The Morgan fingerprint density at radius 2 is 1.67 bits per heavy atom. The van der Waals surface area contributed by atoms with Gasteiger partial charge in [0.05, 0.1) is 11.3 Å². The van der Waals surface area contributed by atoms with Gasteiger partial charge >= 0.3 is 0 Å². The number of nitrogens with zero attached hydrogens (tertiary/aromatic N) is 2. The van der Waals surface area contributed by atoms with Crippen LogP contribution in [0.4, 0.5) is 11.4 Å². The minimum atomic E-state index is -0.211. The second-order valence-corrected chi connectivity index (χ2v) is 8.54. The Morgan fingerprint density at radius 3 is 2.37 bits per heavy atom. The average Bonchev–Trinajstić information content (AvgIpc) is 3.45. The fraction of sp³-hybridized carbons (Fsp3) is 0.348. The monoisotopic (exact) mass is 423 g/mol. The molecule has 4 rings (SSSR count). The molecule has 1 N–H and O–H groups in total.